The Bertz CT molecular complexity index is 425. The molecule has 0 saturated carbocycles. The van der Waals surface area contributed by atoms with Crippen LogP contribution in [0.1, 0.15) is 30.9 Å². The van der Waals surface area contributed by atoms with Crippen molar-refractivity contribution in [2.24, 2.45) is 0 Å². The highest BCUT2D eigenvalue weighted by atomic mass is 16.2. The van der Waals surface area contributed by atoms with Gasteiger partial charge in [-0.15, -0.1) is 0 Å². The molecule has 0 radical (unpaired) electrons. The summed E-state index contributed by atoms with van der Waals surface area (Å²) in [6.07, 6.45) is 2.63. The topological polar surface area (TPSA) is 32.3 Å². The maximum Gasteiger partial charge on any atom is 0.227 e. The van der Waals surface area contributed by atoms with Crippen molar-refractivity contribution in [1.29, 1.82) is 0 Å². The summed E-state index contributed by atoms with van der Waals surface area (Å²) in [6.45, 7) is 7.05. The van der Waals surface area contributed by atoms with Gasteiger partial charge in [-0.25, -0.2) is 0 Å². The van der Waals surface area contributed by atoms with Crippen molar-refractivity contribution < 1.29 is 4.79 Å². The van der Waals surface area contributed by atoms with Crippen LogP contribution in [0.2, 0.25) is 0 Å². The standard InChI is InChI=1S/C16H24N2O/c1-3-9-18(15-7-8-17-12-15)16(19)11-14-6-4-5-13(2)10-14/h4-6,10,15,17H,3,7-9,11-12H2,1-2H3. The van der Waals surface area contributed by atoms with E-state index in [4.69, 9.17) is 0 Å². The molecule has 1 amide bonds. The number of rotatable bonds is 5. The van der Waals surface area contributed by atoms with Gasteiger partial charge in [0.1, 0.15) is 0 Å². The molecular formula is C16H24N2O. The smallest absolute Gasteiger partial charge is 0.227 e. The zero-order chi connectivity index (χ0) is 13.7. The Hall–Kier alpha value is -1.35. The van der Waals surface area contributed by atoms with Gasteiger partial charge in [0, 0.05) is 19.1 Å². The van der Waals surface area contributed by atoms with Crippen LogP contribution in [0.5, 0.6) is 0 Å². The third-order valence-corrected chi connectivity index (χ3v) is 3.70. The molecule has 1 aliphatic rings. The third-order valence-electron chi connectivity index (χ3n) is 3.70. The predicted molar refractivity (Wildman–Crippen MR) is 78.2 cm³/mol. The Balaban J connectivity index is 2.02. The number of hydrogen-bond donors (Lipinski definition) is 1. The molecule has 1 aliphatic heterocycles. The number of aryl methyl sites for hydroxylation is 1. The van der Waals surface area contributed by atoms with Crippen molar-refractivity contribution in [3.8, 4) is 0 Å². The van der Waals surface area contributed by atoms with Gasteiger partial charge in [0.2, 0.25) is 5.91 Å². The highest BCUT2D eigenvalue weighted by molar-refractivity contribution is 5.79. The second kappa shape index (κ2) is 6.71. The molecule has 1 atom stereocenters. The molecule has 1 saturated heterocycles. The zero-order valence-electron chi connectivity index (χ0n) is 12.0. The van der Waals surface area contributed by atoms with E-state index in [2.05, 4.69) is 36.2 Å². The number of nitrogens with zero attached hydrogens (tertiary/aromatic N) is 1. The van der Waals surface area contributed by atoms with Gasteiger partial charge in [-0.3, -0.25) is 4.79 Å². The summed E-state index contributed by atoms with van der Waals surface area (Å²) in [7, 11) is 0. The van der Waals surface area contributed by atoms with E-state index in [0.29, 0.717) is 12.5 Å². The average molecular weight is 260 g/mol. The Morgan fingerprint density at radius 3 is 2.95 bits per heavy atom. The van der Waals surface area contributed by atoms with Gasteiger partial charge in [-0.2, -0.15) is 0 Å². The molecule has 3 heteroatoms. The molecule has 19 heavy (non-hydrogen) atoms. The summed E-state index contributed by atoms with van der Waals surface area (Å²) in [6, 6.07) is 8.63. The second-order valence-electron chi connectivity index (χ2n) is 5.40. The quantitative estimate of drug-likeness (QED) is 0.879. The van der Waals surface area contributed by atoms with Crippen molar-refractivity contribution in [2.45, 2.75) is 39.2 Å². The lowest BCUT2D eigenvalue weighted by molar-refractivity contribution is -0.132. The molecular weight excluding hydrogens is 236 g/mol. The maximum absolute atomic E-state index is 12.5. The minimum Gasteiger partial charge on any atom is -0.338 e. The van der Waals surface area contributed by atoms with Crippen LogP contribution < -0.4 is 5.32 Å². The first-order chi connectivity index (χ1) is 9.20. The highest BCUT2D eigenvalue weighted by Gasteiger charge is 2.25. The first-order valence-electron chi connectivity index (χ1n) is 7.26. The molecule has 1 aromatic rings. The largest absolute Gasteiger partial charge is 0.338 e. The number of hydrogen-bond acceptors (Lipinski definition) is 2. The van der Waals surface area contributed by atoms with Gasteiger partial charge in [0.05, 0.1) is 6.42 Å². The lowest BCUT2D eigenvalue weighted by atomic mass is 10.1. The highest BCUT2D eigenvalue weighted by Crippen LogP contribution is 2.13. The fraction of sp³-hybridized carbons (Fsp3) is 0.562. The molecule has 2 rings (SSSR count). The van der Waals surface area contributed by atoms with Crippen LogP contribution in [-0.2, 0) is 11.2 Å². The summed E-state index contributed by atoms with van der Waals surface area (Å²) in [5.41, 5.74) is 2.34. The zero-order valence-corrected chi connectivity index (χ0v) is 12.0. The minimum absolute atomic E-state index is 0.265. The van der Waals surface area contributed by atoms with Gasteiger partial charge in [0.15, 0.2) is 0 Å². The van der Waals surface area contributed by atoms with Crippen LogP contribution in [0, 0.1) is 6.92 Å². The van der Waals surface area contributed by atoms with Crippen LogP contribution in [0.25, 0.3) is 0 Å². The van der Waals surface area contributed by atoms with Gasteiger partial charge in [-0.1, -0.05) is 36.8 Å². The lowest BCUT2D eigenvalue weighted by Gasteiger charge is -2.28. The number of amides is 1. The fourth-order valence-electron chi connectivity index (χ4n) is 2.76. The Morgan fingerprint density at radius 2 is 2.32 bits per heavy atom. The van der Waals surface area contributed by atoms with Crippen molar-refractivity contribution in [3.63, 3.8) is 0 Å². The van der Waals surface area contributed by atoms with Crippen molar-refractivity contribution in [2.75, 3.05) is 19.6 Å². The maximum atomic E-state index is 12.5. The van der Waals surface area contributed by atoms with Gasteiger partial charge < -0.3 is 10.2 Å². The number of carbonyl (C=O) groups is 1. The van der Waals surface area contributed by atoms with E-state index in [1.165, 1.54) is 5.56 Å². The minimum atomic E-state index is 0.265. The molecule has 3 nitrogen and oxygen atoms in total. The lowest BCUT2D eigenvalue weighted by Crippen LogP contribution is -2.42. The summed E-state index contributed by atoms with van der Waals surface area (Å²) in [4.78, 5) is 14.6. The molecule has 0 spiro atoms. The van der Waals surface area contributed by atoms with E-state index in [0.717, 1.165) is 38.0 Å². The van der Waals surface area contributed by atoms with Crippen LogP contribution in [0.3, 0.4) is 0 Å². The molecule has 0 aromatic heterocycles. The monoisotopic (exact) mass is 260 g/mol. The van der Waals surface area contributed by atoms with Gasteiger partial charge in [0.25, 0.3) is 0 Å². The van der Waals surface area contributed by atoms with Crippen molar-refractivity contribution in [3.05, 3.63) is 35.4 Å². The van der Waals surface area contributed by atoms with Crippen molar-refractivity contribution in [1.82, 2.24) is 10.2 Å². The van der Waals surface area contributed by atoms with E-state index in [9.17, 15) is 4.79 Å². The second-order valence-corrected chi connectivity index (χ2v) is 5.40. The van der Waals surface area contributed by atoms with Crippen LogP contribution >= 0.6 is 0 Å². The third kappa shape index (κ3) is 3.80. The molecule has 1 fully saturated rings. The first kappa shape index (κ1) is 14.1. The summed E-state index contributed by atoms with van der Waals surface area (Å²) >= 11 is 0. The summed E-state index contributed by atoms with van der Waals surface area (Å²) in [5, 5.41) is 3.35. The van der Waals surface area contributed by atoms with Gasteiger partial charge in [-0.05, 0) is 31.9 Å². The normalized spacial score (nSPS) is 18.5. The van der Waals surface area contributed by atoms with E-state index >= 15 is 0 Å². The molecule has 0 aliphatic carbocycles. The molecule has 1 unspecified atom stereocenters. The first-order valence-corrected chi connectivity index (χ1v) is 7.26. The number of nitrogens with one attached hydrogen (secondary N) is 1. The van der Waals surface area contributed by atoms with Crippen LogP contribution in [0.15, 0.2) is 24.3 Å². The molecule has 1 aromatic carbocycles. The number of carbonyl (C=O) groups excluding carboxylic acids is 1. The van der Waals surface area contributed by atoms with Crippen LogP contribution in [-0.4, -0.2) is 36.5 Å². The van der Waals surface area contributed by atoms with E-state index < -0.39 is 0 Å². The summed E-state index contributed by atoms with van der Waals surface area (Å²) < 4.78 is 0. The predicted octanol–water partition coefficient (Wildman–Crippen LogP) is 2.14. The number of benzene rings is 1. The van der Waals surface area contributed by atoms with Crippen molar-refractivity contribution >= 4 is 5.91 Å². The van der Waals surface area contributed by atoms with E-state index in [1.807, 2.05) is 12.1 Å². The van der Waals surface area contributed by atoms with E-state index in [-0.39, 0.29) is 5.91 Å². The molecule has 104 valence electrons. The van der Waals surface area contributed by atoms with E-state index in [1.54, 1.807) is 0 Å². The SMILES string of the molecule is CCCN(C(=O)Cc1cccc(C)c1)C1CCNC1. The Morgan fingerprint density at radius 1 is 1.47 bits per heavy atom. The fourth-order valence-corrected chi connectivity index (χ4v) is 2.76. The van der Waals surface area contributed by atoms with Crippen LogP contribution in [0.4, 0.5) is 0 Å². The molecule has 0 bridgehead atoms. The average Bonchev–Trinajstić information content (AvgIpc) is 2.89. The molecule has 1 heterocycles. The van der Waals surface area contributed by atoms with Gasteiger partial charge >= 0.3 is 0 Å². The Kier molecular flexibility index (Phi) is 4.97. The Labute approximate surface area is 116 Å². The summed E-state index contributed by atoms with van der Waals surface area (Å²) in [5.74, 6) is 0.265. The molecule has 1 N–H and O–H groups in total.